The van der Waals surface area contributed by atoms with Gasteiger partial charge in [0.2, 0.25) is 0 Å². The number of nitrogens with zero attached hydrogens (tertiary/aromatic N) is 2. The number of halogens is 1. The van der Waals surface area contributed by atoms with Crippen LogP contribution in [0.15, 0.2) is 18.2 Å². The van der Waals surface area contributed by atoms with Gasteiger partial charge in [0, 0.05) is 31.2 Å². The Morgan fingerprint density at radius 3 is 2.68 bits per heavy atom. The molecule has 2 rings (SSSR count). The van der Waals surface area contributed by atoms with Crippen molar-refractivity contribution in [1.29, 1.82) is 0 Å². The van der Waals surface area contributed by atoms with Gasteiger partial charge < -0.3 is 15.4 Å². The summed E-state index contributed by atoms with van der Waals surface area (Å²) >= 11 is 5.91. The zero-order valence-corrected chi connectivity index (χ0v) is 13.8. The number of hydrogen-bond donors (Lipinski definition) is 1. The fraction of sp³-hybridized carbons (Fsp3) is 0.562. The average Bonchev–Trinajstić information content (AvgIpc) is 2.52. The maximum absolute atomic E-state index is 12.2. The quantitative estimate of drug-likeness (QED) is 0.861. The molecule has 1 amide bonds. The van der Waals surface area contributed by atoms with Gasteiger partial charge in [0.25, 0.3) is 5.91 Å². The standard InChI is InChI=1S/C16H24ClN3O2/c1-13-11-14(17)3-4-15(13)22-12-16(21)20-9-7-19(8-10-20)6-2-5-18/h3-4,11H,2,5-10,12,18H2,1H3. The lowest BCUT2D eigenvalue weighted by Crippen LogP contribution is -2.50. The highest BCUT2D eigenvalue weighted by Gasteiger charge is 2.21. The molecular weight excluding hydrogens is 302 g/mol. The van der Waals surface area contributed by atoms with Crippen molar-refractivity contribution < 1.29 is 9.53 Å². The summed E-state index contributed by atoms with van der Waals surface area (Å²) in [5.74, 6) is 0.743. The molecule has 1 saturated heterocycles. The number of ether oxygens (including phenoxy) is 1. The van der Waals surface area contributed by atoms with Gasteiger partial charge >= 0.3 is 0 Å². The van der Waals surface area contributed by atoms with Crippen molar-refractivity contribution >= 4 is 17.5 Å². The largest absolute Gasteiger partial charge is 0.483 e. The van der Waals surface area contributed by atoms with E-state index in [1.165, 1.54) is 0 Å². The van der Waals surface area contributed by atoms with Crippen LogP contribution in [0.4, 0.5) is 0 Å². The van der Waals surface area contributed by atoms with E-state index < -0.39 is 0 Å². The summed E-state index contributed by atoms with van der Waals surface area (Å²) in [6, 6.07) is 5.40. The minimum Gasteiger partial charge on any atom is -0.483 e. The van der Waals surface area contributed by atoms with Crippen molar-refractivity contribution in [2.45, 2.75) is 13.3 Å². The van der Waals surface area contributed by atoms with E-state index in [0.717, 1.165) is 44.7 Å². The molecule has 0 unspecified atom stereocenters. The number of carbonyl (C=O) groups is 1. The number of amides is 1. The monoisotopic (exact) mass is 325 g/mol. The van der Waals surface area contributed by atoms with Crippen molar-refractivity contribution in [1.82, 2.24) is 9.80 Å². The highest BCUT2D eigenvalue weighted by Crippen LogP contribution is 2.21. The van der Waals surface area contributed by atoms with Crippen LogP contribution in [0.25, 0.3) is 0 Å². The van der Waals surface area contributed by atoms with Crippen molar-refractivity contribution in [3.05, 3.63) is 28.8 Å². The normalized spacial score (nSPS) is 15.9. The molecule has 1 aliphatic heterocycles. The molecule has 6 heteroatoms. The summed E-state index contributed by atoms with van der Waals surface area (Å²) in [4.78, 5) is 16.4. The molecule has 0 atom stereocenters. The van der Waals surface area contributed by atoms with E-state index in [2.05, 4.69) is 4.90 Å². The molecule has 122 valence electrons. The minimum absolute atomic E-state index is 0.0350. The fourth-order valence-electron chi connectivity index (χ4n) is 2.54. The third-order valence-electron chi connectivity index (χ3n) is 3.89. The summed E-state index contributed by atoms with van der Waals surface area (Å²) in [6.07, 6.45) is 1.01. The first-order chi connectivity index (χ1) is 10.6. The van der Waals surface area contributed by atoms with Gasteiger partial charge in [0.1, 0.15) is 5.75 Å². The molecule has 1 aromatic carbocycles. The maximum atomic E-state index is 12.2. The Morgan fingerprint density at radius 2 is 2.05 bits per heavy atom. The molecule has 0 aromatic heterocycles. The Morgan fingerprint density at radius 1 is 1.32 bits per heavy atom. The second kappa shape index (κ2) is 8.36. The summed E-state index contributed by atoms with van der Waals surface area (Å²) in [6.45, 7) is 7.05. The first kappa shape index (κ1) is 17.1. The minimum atomic E-state index is 0.0350. The highest BCUT2D eigenvalue weighted by molar-refractivity contribution is 6.30. The summed E-state index contributed by atoms with van der Waals surface area (Å²) in [5.41, 5.74) is 6.46. The lowest BCUT2D eigenvalue weighted by atomic mass is 10.2. The molecule has 22 heavy (non-hydrogen) atoms. The van der Waals surface area contributed by atoms with Gasteiger partial charge in [0.05, 0.1) is 0 Å². The molecule has 0 radical (unpaired) electrons. The van der Waals surface area contributed by atoms with Gasteiger partial charge in [-0.05, 0) is 50.2 Å². The first-order valence-electron chi connectivity index (χ1n) is 7.69. The SMILES string of the molecule is Cc1cc(Cl)ccc1OCC(=O)N1CCN(CCCN)CC1. The van der Waals surface area contributed by atoms with E-state index in [1.807, 2.05) is 17.9 Å². The maximum Gasteiger partial charge on any atom is 0.260 e. The fourth-order valence-corrected chi connectivity index (χ4v) is 2.77. The number of aryl methyl sites for hydroxylation is 1. The molecule has 0 bridgehead atoms. The van der Waals surface area contributed by atoms with Crippen LogP contribution in [0.3, 0.4) is 0 Å². The van der Waals surface area contributed by atoms with E-state index in [4.69, 9.17) is 22.1 Å². The van der Waals surface area contributed by atoms with Gasteiger partial charge in [-0.1, -0.05) is 11.6 Å². The van der Waals surface area contributed by atoms with Gasteiger partial charge in [-0.2, -0.15) is 0 Å². The van der Waals surface area contributed by atoms with Crippen LogP contribution >= 0.6 is 11.6 Å². The molecule has 5 nitrogen and oxygen atoms in total. The number of hydrogen-bond acceptors (Lipinski definition) is 4. The van der Waals surface area contributed by atoms with Crippen LogP contribution in [0.1, 0.15) is 12.0 Å². The van der Waals surface area contributed by atoms with Crippen LogP contribution in [-0.2, 0) is 4.79 Å². The predicted octanol–water partition coefficient (Wildman–Crippen LogP) is 1.52. The van der Waals surface area contributed by atoms with Crippen molar-refractivity contribution in [2.24, 2.45) is 5.73 Å². The Bertz CT molecular complexity index is 502. The van der Waals surface area contributed by atoms with Crippen LogP contribution in [0.2, 0.25) is 5.02 Å². The third-order valence-corrected chi connectivity index (χ3v) is 4.13. The number of carbonyl (C=O) groups excluding carboxylic acids is 1. The van der Waals surface area contributed by atoms with Gasteiger partial charge in [0.15, 0.2) is 6.61 Å². The molecule has 1 aliphatic rings. The second-order valence-corrected chi connectivity index (χ2v) is 6.00. The van der Waals surface area contributed by atoms with Crippen LogP contribution in [-0.4, -0.2) is 61.6 Å². The molecule has 1 heterocycles. The van der Waals surface area contributed by atoms with Gasteiger partial charge in [-0.25, -0.2) is 0 Å². The Balaban J connectivity index is 1.76. The highest BCUT2D eigenvalue weighted by atomic mass is 35.5. The van der Waals surface area contributed by atoms with Gasteiger partial charge in [-0.15, -0.1) is 0 Å². The summed E-state index contributed by atoms with van der Waals surface area (Å²) in [5, 5.41) is 0.671. The first-order valence-corrected chi connectivity index (χ1v) is 8.07. The molecular formula is C16H24ClN3O2. The zero-order chi connectivity index (χ0) is 15.9. The third kappa shape index (κ3) is 4.87. The molecule has 0 spiro atoms. The molecule has 1 aromatic rings. The van der Waals surface area contributed by atoms with Crippen molar-refractivity contribution in [3.63, 3.8) is 0 Å². The number of benzene rings is 1. The zero-order valence-electron chi connectivity index (χ0n) is 13.1. The number of rotatable bonds is 6. The van der Waals surface area contributed by atoms with Crippen molar-refractivity contribution in [3.8, 4) is 5.75 Å². The average molecular weight is 326 g/mol. The molecule has 1 fully saturated rings. The van der Waals surface area contributed by atoms with E-state index in [9.17, 15) is 4.79 Å². The smallest absolute Gasteiger partial charge is 0.260 e. The summed E-state index contributed by atoms with van der Waals surface area (Å²) < 4.78 is 5.62. The van der Waals surface area contributed by atoms with E-state index in [-0.39, 0.29) is 12.5 Å². The van der Waals surface area contributed by atoms with Crippen LogP contribution < -0.4 is 10.5 Å². The molecule has 0 aliphatic carbocycles. The van der Waals surface area contributed by atoms with Crippen LogP contribution in [0.5, 0.6) is 5.75 Å². The van der Waals surface area contributed by atoms with E-state index >= 15 is 0 Å². The van der Waals surface area contributed by atoms with Crippen molar-refractivity contribution in [2.75, 3.05) is 45.9 Å². The molecule has 2 N–H and O–H groups in total. The van der Waals surface area contributed by atoms with Crippen LogP contribution in [0, 0.1) is 6.92 Å². The number of piperazine rings is 1. The lowest BCUT2D eigenvalue weighted by Gasteiger charge is -2.34. The van der Waals surface area contributed by atoms with Gasteiger partial charge in [-0.3, -0.25) is 9.69 Å². The predicted molar refractivity (Wildman–Crippen MR) is 88.4 cm³/mol. The Labute approximate surface area is 137 Å². The topological polar surface area (TPSA) is 58.8 Å². The van der Waals surface area contributed by atoms with E-state index in [0.29, 0.717) is 17.3 Å². The lowest BCUT2D eigenvalue weighted by molar-refractivity contribution is -0.135. The Kier molecular flexibility index (Phi) is 6.49. The molecule has 0 saturated carbocycles. The Hall–Kier alpha value is -1.30. The second-order valence-electron chi connectivity index (χ2n) is 5.56. The van der Waals surface area contributed by atoms with E-state index in [1.54, 1.807) is 12.1 Å². The number of nitrogens with two attached hydrogens (primary N) is 1. The summed E-state index contributed by atoms with van der Waals surface area (Å²) in [7, 11) is 0.